The number of rotatable bonds is 6. The molecule has 0 atom stereocenters. The summed E-state index contributed by atoms with van der Waals surface area (Å²) in [5.41, 5.74) is 2.61. The van der Waals surface area contributed by atoms with Crippen molar-refractivity contribution < 1.29 is 13.5 Å². The summed E-state index contributed by atoms with van der Waals surface area (Å²) in [6, 6.07) is 30.1. The molecule has 0 saturated heterocycles. The zero-order chi connectivity index (χ0) is 25.2. The number of ether oxygens (including phenoxy) is 1. The predicted octanol–water partition coefficient (Wildman–Crippen LogP) is 6.41. The molecule has 6 aromatic rings. The highest BCUT2D eigenvalue weighted by molar-refractivity contribution is 5.84. The van der Waals surface area contributed by atoms with E-state index in [4.69, 9.17) is 14.1 Å². The van der Waals surface area contributed by atoms with Crippen molar-refractivity contribution in [3.05, 3.63) is 130 Å². The van der Waals surface area contributed by atoms with Gasteiger partial charge in [-0.15, -0.1) is 0 Å². The molecule has 0 saturated carbocycles. The van der Waals surface area contributed by atoms with E-state index in [1.807, 2.05) is 60.7 Å². The van der Waals surface area contributed by atoms with Gasteiger partial charge in [0.1, 0.15) is 23.8 Å². The van der Waals surface area contributed by atoms with Crippen LogP contribution in [-0.2, 0) is 6.61 Å². The van der Waals surface area contributed by atoms with Gasteiger partial charge in [0.15, 0.2) is 5.76 Å². The van der Waals surface area contributed by atoms with E-state index in [2.05, 4.69) is 5.10 Å². The number of nitrogens with zero attached hydrogens (tertiary/aromatic N) is 3. The van der Waals surface area contributed by atoms with E-state index in [9.17, 15) is 9.18 Å². The maximum Gasteiger partial charge on any atom is 0.282 e. The summed E-state index contributed by atoms with van der Waals surface area (Å²) in [6.07, 6.45) is 1.59. The summed E-state index contributed by atoms with van der Waals surface area (Å²) in [7, 11) is 0. The molecule has 0 N–H and O–H groups in total. The highest BCUT2D eigenvalue weighted by Gasteiger charge is 2.16. The Morgan fingerprint density at radius 3 is 2.49 bits per heavy atom. The fraction of sp³-hybridized carbons (Fsp3) is 0.0333. The van der Waals surface area contributed by atoms with Crippen LogP contribution in [0.5, 0.6) is 5.75 Å². The summed E-state index contributed by atoms with van der Waals surface area (Å²) >= 11 is 0. The Morgan fingerprint density at radius 2 is 1.68 bits per heavy atom. The molecule has 6 nitrogen and oxygen atoms in total. The van der Waals surface area contributed by atoms with E-state index in [0.29, 0.717) is 40.4 Å². The molecule has 0 spiro atoms. The van der Waals surface area contributed by atoms with E-state index in [-0.39, 0.29) is 11.4 Å². The van der Waals surface area contributed by atoms with Crippen molar-refractivity contribution in [1.29, 1.82) is 0 Å². The van der Waals surface area contributed by atoms with Crippen LogP contribution >= 0.6 is 0 Å². The molecule has 6 rings (SSSR count). The van der Waals surface area contributed by atoms with Gasteiger partial charge in [-0.3, -0.25) is 4.79 Å². The SMILES string of the molecule is O=c1c2ccccc2nc(-c2cc3ccccc3o2)n1N=Cc1ccc(OCc2ccc(F)cc2)cc1. The van der Waals surface area contributed by atoms with Gasteiger partial charge in [0.05, 0.1) is 17.1 Å². The number of benzene rings is 4. The monoisotopic (exact) mass is 489 g/mol. The minimum atomic E-state index is -0.295. The first-order valence-electron chi connectivity index (χ1n) is 11.7. The van der Waals surface area contributed by atoms with E-state index in [0.717, 1.165) is 16.5 Å². The second-order valence-corrected chi connectivity index (χ2v) is 8.45. The van der Waals surface area contributed by atoms with Gasteiger partial charge < -0.3 is 9.15 Å². The van der Waals surface area contributed by atoms with Gasteiger partial charge in [-0.25, -0.2) is 9.37 Å². The lowest BCUT2D eigenvalue weighted by Gasteiger charge is -2.08. The number of furan rings is 1. The molecule has 4 aromatic carbocycles. The second kappa shape index (κ2) is 9.54. The third-order valence-corrected chi connectivity index (χ3v) is 5.92. The molecule has 0 aliphatic heterocycles. The molecule has 0 amide bonds. The summed E-state index contributed by atoms with van der Waals surface area (Å²) in [6.45, 7) is 0.326. The predicted molar refractivity (Wildman–Crippen MR) is 141 cm³/mol. The van der Waals surface area contributed by atoms with Crippen LogP contribution in [0.4, 0.5) is 4.39 Å². The Balaban J connectivity index is 1.31. The summed E-state index contributed by atoms with van der Waals surface area (Å²) in [5, 5.41) is 5.86. The molecule has 0 unspecified atom stereocenters. The van der Waals surface area contributed by atoms with E-state index in [1.165, 1.54) is 16.8 Å². The standard InChI is InChI=1S/C30H20FN3O3/c31-23-13-9-21(10-14-23)19-36-24-15-11-20(12-16-24)18-32-34-29(28-17-22-5-1-4-8-27(22)37-28)33-26-7-3-2-6-25(26)30(34)35/h1-18H,19H2. The molecule has 7 heteroatoms. The molecule has 0 fully saturated rings. The maximum absolute atomic E-state index is 13.4. The maximum atomic E-state index is 13.4. The van der Waals surface area contributed by atoms with Gasteiger partial charge in [0, 0.05) is 5.39 Å². The molecular formula is C30H20FN3O3. The van der Waals surface area contributed by atoms with Crippen LogP contribution in [0, 0.1) is 5.82 Å². The van der Waals surface area contributed by atoms with E-state index < -0.39 is 0 Å². The molecule has 2 aromatic heterocycles. The molecule has 0 radical (unpaired) electrons. The van der Waals surface area contributed by atoms with Crippen LogP contribution in [0.15, 0.2) is 117 Å². The van der Waals surface area contributed by atoms with Crippen LogP contribution in [-0.4, -0.2) is 15.9 Å². The van der Waals surface area contributed by atoms with Crippen LogP contribution in [0.3, 0.4) is 0 Å². The van der Waals surface area contributed by atoms with Crippen molar-refractivity contribution >= 4 is 28.1 Å². The number of para-hydroxylation sites is 2. The average Bonchev–Trinajstić information content (AvgIpc) is 3.37. The van der Waals surface area contributed by atoms with Gasteiger partial charge in [0.25, 0.3) is 5.56 Å². The minimum absolute atomic E-state index is 0.281. The number of halogens is 1. The van der Waals surface area contributed by atoms with Crippen molar-refractivity contribution in [1.82, 2.24) is 9.66 Å². The van der Waals surface area contributed by atoms with E-state index in [1.54, 1.807) is 36.5 Å². The molecule has 0 bridgehead atoms. The summed E-state index contributed by atoms with van der Waals surface area (Å²) in [5.74, 6) is 1.15. The molecular weight excluding hydrogens is 469 g/mol. The molecule has 37 heavy (non-hydrogen) atoms. The first-order chi connectivity index (χ1) is 18.1. The van der Waals surface area contributed by atoms with Gasteiger partial charge in [-0.2, -0.15) is 9.78 Å². The lowest BCUT2D eigenvalue weighted by molar-refractivity contribution is 0.306. The van der Waals surface area contributed by atoms with Gasteiger partial charge in [-0.05, 0) is 71.8 Å². The van der Waals surface area contributed by atoms with E-state index >= 15 is 0 Å². The summed E-state index contributed by atoms with van der Waals surface area (Å²) in [4.78, 5) is 18.1. The Bertz CT molecular complexity index is 1770. The van der Waals surface area contributed by atoms with Crippen molar-refractivity contribution in [2.24, 2.45) is 5.10 Å². The Morgan fingerprint density at radius 1 is 0.919 bits per heavy atom. The number of fused-ring (bicyclic) bond motifs is 2. The van der Waals surface area contributed by atoms with Crippen molar-refractivity contribution in [2.75, 3.05) is 0 Å². The van der Waals surface area contributed by atoms with Gasteiger partial charge in [0.2, 0.25) is 5.82 Å². The topological polar surface area (TPSA) is 69.6 Å². The number of aromatic nitrogens is 2. The highest BCUT2D eigenvalue weighted by Crippen LogP contribution is 2.27. The van der Waals surface area contributed by atoms with Crippen molar-refractivity contribution in [3.8, 4) is 17.3 Å². The quantitative estimate of drug-likeness (QED) is 0.254. The first kappa shape index (κ1) is 22.4. The zero-order valence-corrected chi connectivity index (χ0v) is 19.5. The molecule has 0 aliphatic rings. The fourth-order valence-corrected chi connectivity index (χ4v) is 4.00. The number of hydrogen-bond donors (Lipinski definition) is 0. The number of hydrogen-bond acceptors (Lipinski definition) is 5. The van der Waals surface area contributed by atoms with Gasteiger partial charge >= 0.3 is 0 Å². The second-order valence-electron chi connectivity index (χ2n) is 8.45. The molecule has 180 valence electrons. The lowest BCUT2D eigenvalue weighted by atomic mass is 10.2. The highest BCUT2D eigenvalue weighted by atomic mass is 19.1. The van der Waals surface area contributed by atoms with Crippen LogP contribution in [0.25, 0.3) is 33.5 Å². The smallest absolute Gasteiger partial charge is 0.282 e. The minimum Gasteiger partial charge on any atom is -0.489 e. The zero-order valence-electron chi connectivity index (χ0n) is 19.5. The average molecular weight is 490 g/mol. The van der Waals surface area contributed by atoms with Crippen LogP contribution in [0.2, 0.25) is 0 Å². The Labute approximate surface area is 210 Å². The van der Waals surface area contributed by atoms with Gasteiger partial charge in [-0.1, -0.05) is 42.5 Å². The lowest BCUT2D eigenvalue weighted by Crippen LogP contribution is -2.20. The third-order valence-electron chi connectivity index (χ3n) is 5.92. The fourth-order valence-electron chi connectivity index (χ4n) is 4.00. The van der Waals surface area contributed by atoms with Crippen molar-refractivity contribution in [2.45, 2.75) is 6.61 Å². The summed E-state index contributed by atoms with van der Waals surface area (Å²) < 4.78 is 26.1. The normalized spacial score (nSPS) is 11.5. The molecule has 0 aliphatic carbocycles. The first-order valence-corrected chi connectivity index (χ1v) is 11.7. The Hall–Kier alpha value is -5.04. The molecule has 2 heterocycles. The van der Waals surface area contributed by atoms with Crippen LogP contribution < -0.4 is 10.3 Å². The van der Waals surface area contributed by atoms with Crippen LogP contribution in [0.1, 0.15) is 11.1 Å². The van der Waals surface area contributed by atoms with Crippen molar-refractivity contribution in [3.63, 3.8) is 0 Å². The largest absolute Gasteiger partial charge is 0.489 e. The third kappa shape index (κ3) is 4.62. The Kier molecular flexibility index (Phi) is 5.78.